The lowest BCUT2D eigenvalue weighted by atomic mass is 10.1. The number of aryl methyl sites for hydroxylation is 1. The predicted octanol–water partition coefficient (Wildman–Crippen LogP) is 2.85. The van der Waals surface area contributed by atoms with Crippen LogP contribution in [0.1, 0.15) is 18.1 Å². The van der Waals surface area contributed by atoms with Crippen LogP contribution in [0.2, 0.25) is 0 Å². The summed E-state index contributed by atoms with van der Waals surface area (Å²) in [6.45, 7) is 11.3. The first kappa shape index (κ1) is 14.0. The first-order valence-corrected chi connectivity index (χ1v) is 5.61. The number of aliphatic imine (C=N–C) groups is 1. The van der Waals surface area contributed by atoms with Gasteiger partial charge in [0, 0.05) is 6.54 Å². The first-order chi connectivity index (χ1) is 8.56. The van der Waals surface area contributed by atoms with Crippen LogP contribution in [0.4, 0.5) is 4.39 Å². The molecule has 0 amide bonds. The lowest BCUT2D eigenvalue weighted by Crippen LogP contribution is -2.17. The fourth-order valence-electron chi connectivity index (χ4n) is 1.60. The molecule has 0 spiro atoms. The van der Waals surface area contributed by atoms with Gasteiger partial charge in [0.2, 0.25) is 0 Å². The topological polar surface area (TPSA) is 36.4 Å². The standard InChI is InChI=1S/C14H18FN3/c1-5-17-14(16-4)11(3)18-9-12-6-10(2)7-13(15)8-12/h5-8,17-18H,1,4,9H2,2-3H3/b14-11+. The molecular weight excluding hydrogens is 229 g/mol. The summed E-state index contributed by atoms with van der Waals surface area (Å²) in [5.74, 6) is 0.387. The quantitative estimate of drug-likeness (QED) is 0.758. The van der Waals surface area contributed by atoms with Gasteiger partial charge < -0.3 is 10.6 Å². The predicted molar refractivity (Wildman–Crippen MR) is 73.6 cm³/mol. The van der Waals surface area contributed by atoms with Gasteiger partial charge in [0.15, 0.2) is 0 Å². The molecule has 0 atom stereocenters. The van der Waals surface area contributed by atoms with E-state index in [1.165, 1.54) is 18.3 Å². The van der Waals surface area contributed by atoms with Gasteiger partial charge in [-0.1, -0.05) is 12.6 Å². The molecule has 1 aromatic carbocycles. The fourth-order valence-corrected chi connectivity index (χ4v) is 1.60. The van der Waals surface area contributed by atoms with E-state index < -0.39 is 0 Å². The van der Waals surface area contributed by atoms with E-state index in [9.17, 15) is 4.39 Å². The Morgan fingerprint density at radius 3 is 2.72 bits per heavy atom. The second-order valence-corrected chi connectivity index (χ2v) is 3.97. The number of rotatable bonds is 6. The van der Waals surface area contributed by atoms with Crippen molar-refractivity contribution in [3.63, 3.8) is 0 Å². The van der Waals surface area contributed by atoms with Crippen LogP contribution in [0, 0.1) is 12.7 Å². The van der Waals surface area contributed by atoms with Crippen molar-refractivity contribution in [2.24, 2.45) is 4.99 Å². The summed E-state index contributed by atoms with van der Waals surface area (Å²) in [4.78, 5) is 3.84. The van der Waals surface area contributed by atoms with Crippen LogP contribution in [0.25, 0.3) is 0 Å². The minimum absolute atomic E-state index is 0.222. The van der Waals surface area contributed by atoms with Gasteiger partial charge in [0.25, 0.3) is 0 Å². The minimum Gasteiger partial charge on any atom is -0.382 e. The van der Waals surface area contributed by atoms with Crippen LogP contribution >= 0.6 is 0 Å². The highest BCUT2D eigenvalue weighted by molar-refractivity contribution is 5.30. The molecule has 0 aromatic heterocycles. The molecule has 0 saturated heterocycles. The van der Waals surface area contributed by atoms with Crippen LogP contribution in [0.5, 0.6) is 0 Å². The molecule has 4 heteroatoms. The highest BCUT2D eigenvalue weighted by Gasteiger charge is 2.01. The Morgan fingerprint density at radius 1 is 1.44 bits per heavy atom. The Balaban J connectivity index is 2.74. The van der Waals surface area contributed by atoms with Gasteiger partial charge in [-0.15, -0.1) is 0 Å². The monoisotopic (exact) mass is 247 g/mol. The summed E-state index contributed by atoms with van der Waals surface area (Å²) in [7, 11) is 0. The summed E-state index contributed by atoms with van der Waals surface area (Å²) < 4.78 is 13.2. The Bertz CT molecular complexity index is 458. The highest BCUT2D eigenvalue weighted by atomic mass is 19.1. The van der Waals surface area contributed by atoms with Crippen molar-refractivity contribution >= 4 is 6.72 Å². The van der Waals surface area contributed by atoms with Crippen molar-refractivity contribution in [1.82, 2.24) is 10.6 Å². The molecule has 0 aliphatic carbocycles. The zero-order valence-corrected chi connectivity index (χ0v) is 10.8. The second kappa shape index (κ2) is 6.59. The third-order valence-electron chi connectivity index (χ3n) is 2.41. The maximum atomic E-state index is 13.2. The molecule has 1 rings (SSSR count). The Labute approximate surface area is 107 Å². The van der Waals surface area contributed by atoms with E-state index >= 15 is 0 Å². The van der Waals surface area contributed by atoms with E-state index in [1.54, 1.807) is 0 Å². The van der Waals surface area contributed by atoms with E-state index in [4.69, 9.17) is 0 Å². The maximum Gasteiger partial charge on any atom is 0.148 e. The minimum atomic E-state index is -0.222. The average Bonchev–Trinajstić information content (AvgIpc) is 2.32. The van der Waals surface area contributed by atoms with Crippen LogP contribution in [-0.2, 0) is 6.54 Å². The van der Waals surface area contributed by atoms with Gasteiger partial charge >= 0.3 is 0 Å². The zero-order chi connectivity index (χ0) is 13.5. The van der Waals surface area contributed by atoms with Gasteiger partial charge in [-0.05, 0) is 50.0 Å². The molecule has 96 valence electrons. The number of hydrogen-bond acceptors (Lipinski definition) is 3. The van der Waals surface area contributed by atoms with E-state index in [0.717, 1.165) is 16.8 Å². The largest absolute Gasteiger partial charge is 0.382 e. The molecule has 0 radical (unpaired) electrons. The van der Waals surface area contributed by atoms with Crippen molar-refractivity contribution in [2.45, 2.75) is 20.4 Å². The Hall–Kier alpha value is -2.10. The normalized spacial score (nSPS) is 11.5. The molecule has 0 heterocycles. The molecule has 0 aliphatic heterocycles. The summed E-state index contributed by atoms with van der Waals surface area (Å²) in [6, 6.07) is 4.95. The SMILES string of the molecule is C=CN/C(N=C)=C(\C)NCc1cc(C)cc(F)c1. The summed E-state index contributed by atoms with van der Waals surface area (Å²) in [5.41, 5.74) is 2.61. The lowest BCUT2D eigenvalue weighted by Gasteiger charge is -2.11. The maximum absolute atomic E-state index is 13.2. The molecule has 0 bridgehead atoms. The molecule has 0 saturated carbocycles. The van der Waals surface area contributed by atoms with Crippen molar-refractivity contribution in [3.05, 3.63) is 59.4 Å². The van der Waals surface area contributed by atoms with Gasteiger partial charge in [0.05, 0.1) is 5.70 Å². The average molecular weight is 247 g/mol. The molecular formula is C14H18FN3. The van der Waals surface area contributed by atoms with Crippen molar-refractivity contribution < 1.29 is 4.39 Å². The first-order valence-electron chi connectivity index (χ1n) is 5.61. The third kappa shape index (κ3) is 4.05. The van der Waals surface area contributed by atoms with Crippen LogP contribution in [0.15, 0.2) is 47.5 Å². The fraction of sp³-hybridized carbons (Fsp3) is 0.214. The van der Waals surface area contributed by atoms with E-state index in [-0.39, 0.29) is 5.82 Å². The number of hydrogen-bond donors (Lipinski definition) is 2. The highest BCUT2D eigenvalue weighted by Crippen LogP contribution is 2.09. The number of nitrogens with one attached hydrogen (secondary N) is 2. The second-order valence-electron chi connectivity index (χ2n) is 3.97. The summed E-state index contributed by atoms with van der Waals surface area (Å²) in [5, 5.41) is 6.03. The van der Waals surface area contributed by atoms with Crippen molar-refractivity contribution in [1.29, 1.82) is 0 Å². The molecule has 1 aromatic rings. The smallest absolute Gasteiger partial charge is 0.148 e. The van der Waals surface area contributed by atoms with Gasteiger partial charge in [0.1, 0.15) is 11.6 Å². The third-order valence-corrected chi connectivity index (χ3v) is 2.41. The Kier molecular flexibility index (Phi) is 5.11. The Morgan fingerprint density at radius 2 is 2.17 bits per heavy atom. The number of nitrogens with zero attached hydrogens (tertiary/aromatic N) is 1. The molecule has 18 heavy (non-hydrogen) atoms. The summed E-state index contributed by atoms with van der Waals surface area (Å²) in [6.07, 6.45) is 1.53. The van der Waals surface area contributed by atoms with Crippen LogP contribution < -0.4 is 10.6 Å². The molecule has 0 fully saturated rings. The lowest BCUT2D eigenvalue weighted by molar-refractivity contribution is 0.622. The van der Waals surface area contributed by atoms with Crippen molar-refractivity contribution in [3.8, 4) is 0 Å². The number of halogens is 1. The van der Waals surface area contributed by atoms with E-state index in [0.29, 0.717) is 12.4 Å². The van der Waals surface area contributed by atoms with Crippen LogP contribution in [-0.4, -0.2) is 6.72 Å². The zero-order valence-electron chi connectivity index (χ0n) is 10.8. The number of allylic oxidation sites excluding steroid dienone is 1. The summed E-state index contributed by atoms with van der Waals surface area (Å²) >= 11 is 0. The molecule has 2 N–H and O–H groups in total. The van der Waals surface area contributed by atoms with Gasteiger partial charge in [-0.3, -0.25) is 0 Å². The van der Waals surface area contributed by atoms with Crippen molar-refractivity contribution in [2.75, 3.05) is 0 Å². The van der Waals surface area contributed by atoms with Gasteiger partial charge in [-0.25, -0.2) is 9.38 Å². The molecule has 0 unspecified atom stereocenters. The van der Waals surface area contributed by atoms with E-state index in [1.807, 2.05) is 19.9 Å². The van der Waals surface area contributed by atoms with Crippen LogP contribution in [0.3, 0.4) is 0 Å². The number of benzene rings is 1. The molecule has 0 aliphatic rings. The molecule has 3 nitrogen and oxygen atoms in total. The van der Waals surface area contributed by atoms with E-state index in [2.05, 4.69) is 28.9 Å². The van der Waals surface area contributed by atoms with Gasteiger partial charge in [-0.2, -0.15) is 0 Å².